The summed E-state index contributed by atoms with van der Waals surface area (Å²) in [6, 6.07) is 8.10. The molecule has 2 rings (SSSR count). The molecule has 0 spiro atoms. The van der Waals surface area contributed by atoms with Gasteiger partial charge in [-0.2, -0.15) is 0 Å². The SMILES string of the molecule is Cc1cc(C)nc(N(N)Cc2ccc([N+](=O)[O-])cc2)n1. The summed E-state index contributed by atoms with van der Waals surface area (Å²) in [5, 5.41) is 12.0. The number of nitrogens with two attached hydrogens (primary N) is 1. The van der Waals surface area contributed by atoms with Crippen LogP contribution in [-0.2, 0) is 6.54 Å². The molecule has 0 radical (unpaired) electrons. The Morgan fingerprint density at radius 2 is 1.75 bits per heavy atom. The Balaban J connectivity index is 2.14. The van der Waals surface area contributed by atoms with Crippen molar-refractivity contribution in [3.8, 4) is 0 Å². The zero-order valence-electron chi connectivity index (χ0n) is 11.3. The van der Waals surface area contributed by atoms with E-state index in [0.29, 0.717) is 12.5 Å². The lowest BCUT2D eigenvalue weighted by molar-refractivity contribution is -0.384. The fourth-order valence-electron chi connectivity index (χ4n) is 1.83. The molecule has 0 saturated heterocycles. The number of aromatic nitrogens is 2. The van der Waals surface area contributed by atoms with Gasteiger partial charge in [0, 0.05) is 23.5 Å². The van der Waals surface area contributed by atoms with Crippen LogP contribution in [0.3, 0.4) is 0 Å². The van der Waals surface area contributed by atoms with Gasteiger partial charge in [0.15, 0.2) is 0 Å². The van der Waals surface area contributed by atoms with Crippen molar-refractivity contribution in [3.63, 3.8) is 0 Å². The third-order valence-corrected chi connectivity index (χ3v) is 2.73. The van der Waals surface area contributed by atoms with Gasteiger partial charge in [0.2, 0.25) is 5.95 Å². The van der Waals surface area contributed by atoms with Gasteiger partial charge in [-0.15, -0.1) is 0 Å². The third-order valence-electron chi connectivity index (χ3n) is 2.73. The molecule has 1 heterocycles. The van der Waals surface area contributed by atoms with E-state index >= 15 is 0 Å². The van der Waals surface area contributed by atoms with Crippen molar-refractivity contribution in [2.45, 2.75) is 20.4 Å². The average molecular weight is 273 g/mol. The van der Waals surface area contributed by atoms with Gasteiger partial charge in [-0.1, -0.05) is 12.1 Å². The summed E-state index contributed by atoms with van der Waals surface area (Å²) in [5.41, 5.74) is 2.58. The van der Waals surface area contributed by atoms with E-state index in [2.05, 4.69) is 9.97 Å². The first kappa shape index (κ1) is 13.9. The Bertz CT molecular complexity index is 607. The molecule has 1 aromatic heterocycles. The van der Waals surface area contributed by atoms with Gasteiger partial charge in [-0.3, -0.25) is 15.1 Å². The van der Waals surface area contributed by atoms with Crippen molar-refractivity contribution < 1.29 is 4.92 Å². The van der Waals surface area contributed by atoms with Gasteiger partial charge in [0.25, 0.3) is 5.69 Å². The van der Waals surface area contributed by atoms with Gasteiger partial charge in [-0.25, -0.2) is 15.8 Å². The molecule has 7 heteroatoms. The second-order valence-electron chi connectivity index (χ2n) is 4.50. The number of rotatable bonds is 4. The zero-order valence-corrected chi connectivity index (χ0v) is 11.3. The Kier molecular flexibility index (Phi) is 3.90. The zero-order chi connectivity index (χ0) is 14.7. The highest BCUT2D eigenvalue weighted by Crippen LogP contribution is 2.14. The smallest absolute Gasteiger partial charge is 0.269 e. The minimum absolute atomic E-state index is 0.0555. The number of aryl methyl sites for hydroxylation is 2. The molecule has 2 N–H and O–H groups in total. The molecule has 0 unspecified atom stereocenters. The lowest BCUT2D eigenvalue weighted by Gasteiger charge is -2.17. The van der Waals surface area contributed by atoms with Crippen LogP contribution in [0, 0.1) is 24.0 Å². The van der Waals surface area contributed by atoms with E-state index in [1.807, 2.05) is 19.9 Å². The molecule has 0 atom stereocenters. The first-order chi connectivity index (χ1) is 9.45. The molecule has 0 aliphatic carbocycles. The minimum atomic E-state index is -0.434. The quantitative estimate of drug-likeness (QED) is 0.519. The molecule has 7 nitrogen and oxygen atoms in total. The van der Waals surface area contributed by atoms with Crippen LogP contribution in [0.1, 0.15) is 17.0 Å². The summed E-state index contributed by atoms with van der Waals surface area (Å²) in [7, 11) is 0. The van der Waals surface area contributed by atoms with Gasteiger partial charge in [-0.05, 0) is 25.5 Å². The Morgan fingerprint density at radius 1 is 1.20 bits per heavy atom. The minimum Gasteiger partial charge on any atom is -0.274 e. The van der Waals surface area contributed by atoms with E-state index in [4.69, 9.17) is 5.84 Å². The molecule has 0 amide bonds. The number of nitrogens with zero attached hydrogens (tertiary/aromatic N) is 4. The molecule has 20 heavy (non-hydrogen) atoms. The van der Waals surface area contributed by atoms with Crippen LogP contribution in [0.4, 0.5) is 11.6 Å². The number of hydrogen-bond acceptors (Lipinski definition) is 6. The summed E-state index contributed by atoms with van der Waals surface area (Å²) in [6.07, 6.45) is 0. The van der Waals surface area contributed by atoms with Crippen LogP contribution >= 0.6 is 0 Å². The molecular formula is C13H15N5O2. The fraction of sp³-hybridized carbons (Fsp3) is 0.231. The summed E-state index contributed by atoms with van der Waals surface area (Å²) in [6.45, 7) is 4.12. The number of hydrazine groups is 1. The lowest BCUT2D eigenvalue weighted by atomic mass is 10.2. The first-order valence-electron chi connectivity index (χ1n) is 6.03. The molecular weight excluding hydrogens is 258 g/mol. The number of nitro groups is 1. The number of nitro benzene ring substituents is 1. The number of hydrogen-bond donors (Lipinski definition) is 1. The van der Waals surface area contributed by atoms with Crippen molar-refractivity contribution in [2.24, 2.45) is 5.84 Å². The summed E-state index contributed by atoms with van der Waals surface area (Å²) < 4.78 is 0. The summed E-state index contributed by atoms with van der Waals surface area (Å²) >= 11 is 0. The second-order valence-corrected chi connectivity index (χ2v) is 4.50. The molecule has 0 aliphatic heterocycles. The summed E-state index contributed by atoms with van der Waals surface area (Å²) in [5.74, 6) is 6.37. The number of anilines is 1. The molecule has 0 aliphatic rings. The van der Waals surface area contributed by atoms with Gasteiger partial charge >= 0.3 is 0 Å². The predicted octanol–water partition coefficient (Wildman–Crippen LogP) is 1.88. The Hall–Kier alpha value is -2.54. The maximum atomic E-state index is 10.6. The normalized spacial score (nSPS) is 10.3. The molecule has 2 aromatic rings. The maximum Gasteiger partial charge on any atom is 0.269 e. The molecule has 1 aromatic carbocycles. The first-order valence-corrected chi connectivity index (χ1v) is 6.03. The molecule has 104 valence electrons. The van der Waals surface area contributed by atoms with E-state index in [1.54, 1.807) is 12.1 Å². The largest absolute Gasteiger partial charge is 0.274 e. The highest BCUT2D eigenvalue weighted by atomic mass is 16.6. The van der Waals surface area contributed by atoms with Crippen LogP contribution in [-0.4, -0.2) is 14.9 Å². The Labute approximate surface area is 116 Å². The predicted molar refractivity (Wildman–Crippen MR) is 75.0 cm³/mol. The molecule has 0 bridgehead atoms. The van der Waals surface area contributed by atoms with E-state index < -0.39 is 4.92 Å². The van der Waals surface area contributed by atoms with Crippen molar-refractivity contribution >= 4 is 11.6 Å². The second kappa shape index (κ2) is 5.62. The average Bonchev–Trinajstić information content (AvgIpc) is 2.38. The fourth-order valence-corrected chi connectivity index (χ4v) is 1.83. The van der Waals surface area contributed by atoms with Crippen LogP contribution in [0.2, 0.25) is 0 Å². The number of non-ortho nitro benzene ring substituents is 1. The van der Waals surface area contributed by atoms with Gasteiger partial charge in [0.05, 0.1) is 11.5 Å². The standard InChI is InChI=1S/C13H15N5O2/c1-9-7-10(2)16-13(15-9)17(14)8-11-3-5-12(6-4-11)18(19)20/h3-7H,8,14H2,1-2H3. The van der Waals surface area contributed by atoms with Crippen molar-refractivity contribution in [1.29, 1.82) is 0 Å². The van der Waals surface area contributed by atoms with E-state index in [1.165, 1.54) is 17.1 Å². The van der Waals surface area contributed by atoms with Gasteiger partial charge in [0.1, 0.15) is 0 Å². The van der Waals surface area contributed by atoms with Crippen LogP contribution in [0.25, 0.3) is 0 Å². The topological polar surface area (TPSA) is 98.2 Å². The molecule has 0 saturated carbocycles. The third kappa shape index (κ3) is 3.27. The summed E-state index contributed by atoms with van der Waals surface area (Å²) in [4.78, 5) is 18.7. The van der Waals surface area contributed by atoms with Crippen molar-refractivity contribution in [2.75, 3.05) is 5.01 Å². The monoisotopic (exact) mass is 273 g/mol. The maximum absolute atomic E-state index is 10.6. The number of benzene rings is 1. The van der Waals surface area contributed by atoms with Crippen molar-refractivity contribution in [1.82, 2.24) is 9.97 Å². The van der Waals surface area contributed by atoms with Crippen molar-refractivity contribution in [3.05, 3.63) is 57.4 Å². The van der Waals surface area contributed by atoms with Gasteiger partial charge < -0.3 is 0 Å². The highest BCUT2D eigenvalue weighted by Gasteiger charge is 2.09. The van der Waals surface area contributed by atoms with Crippen LogP contribution < -0.4 is 10.9 Å². The van der Waals surface area contributed by atoms with E-state index in [0.717, 1.165) is 17.0 Å². The van der Waals surface area contributed by atoms with E-state index in [-0.39, 0.29) is 5.69 Å². The Morgan fingerprint density at radius 3 is 2.25 bits per heavy atom. The molecule has 0 fully saturated rings. The lowest BCUT2D eigenvalue weighted by Crippen LogP contribution is -2.32. The van der Waals surface area contributed by atoms with Crippen LogP contribution in [0.5, 0.6) is 0 Å². The van der Waals surface area contributed by atoms with Crippen LogP contribution in [0.15, 0.2) is 30.3 Å². The van der Waals surface area contributed by atoms with E-state index in [9.17, 15) is 10.1 Å². The highest BCUT2D eigenvalue weighted by molar-refractivity contribution is 5.36.